The number of terminal acetylenes is 1. The third-order valence-electron chi connectivity index (χ3n) is 8.78. The zero-order valence-electron chi connectivity index (χ0n) is 20.8. The summed E-state index contributed by atoms with van der Waals surface area (Å²) < 4.78 is 0. The number of fused-ring (bicyclic) bond motifs is 3. The Kier molecular flexibility index (Phi) is 5.32. The number of phenols is 1. The van der Waals surface area contributed by atoms with Gasteiger partial charge in [0, 0.05) is 22.5 Å². The molecule has 184 valence electrons. The second-order valence-corrected chi connectivity index (χ2v) is 11.4. The molecule has 2 fully saturated rings. The Morgan fingerprint density at radius 2 is 1.77 bits per heavy atom. The van der Waals surface area contributed by atoms with Crippen LogP contribution >= 0.6 is 0 Å². The topological polar surface area (TPSA) is 126 Å². The van der Waals surface area contributed by atoms with E-state index in [-0.39, 0.29) is 30.1 Å². The number of hydrogen-bond donors (Lipinski definition) is 2. The normalized spacial score (nSPS) is 36.4. The van der Waals surface area contributed by atoms with Crippen molar-refractivity contribution in [2.45, 2.75) is 60.0 Å². The number of phenolic OH excluding ortho intramolecular Hbond substituents is 1. The summed E-state index contributed by atoms with van der Waals surface area (Å²) in [5.74, 6) is -6.50. The first kappa shape index (κ1) is 25.0. The Balaban J connectivity index is 2.00. The van der Waals surface area contributed by atoms with Gasteiger partial charge in [0.05, 0.1) is 11.5 Å². The van der Waals surface area contributed by atoms with Gasteiger partial charge < -0.3 is 10.2 Å². The maximum absolute atomic E-state index is 14.1. The molecule has 0 amide bonds. The molecule has 7 nitrogen and oxygen atoms in total. The molecule has 6 atom stereocenters. The fourth-order valence-electron chi connectivity index (χ4n) is 7.46. The Bertz CT molecular complexity index is 1280. The van der Waals surface area contributed by atoms with Crippen LogP contribution in [-0.2, 0) is 25.6 Å². The van der Waals surface area contributed by atoms with Crippen molar-refractivity contribution in [2.24, 2.45) is 34.5 Å². The van der Waals surface area contributed by atoms with Crippen molar-refractivity contribution in [3.05, 3.63) is 28.3 Å². The highest BCUT2D eigenvalue weighted by Crippen LogP contribution is 2.63. The van der Waals surface area contributed by atoms with E-state index in [9.17, 15) is 34.2 Å². The molecule has 1 aromatic carbocycles. The molecule has 7 heteroatoms. The average Bonchev–Trinajstić information content (AvgIpc) is 2.72. The van der Waals surface area contributed by atoms with Crippen LogP contribution in [0.25, 0.3) is 0 Å². The van der Waals surface area contributed by atoms with Gasteiger partial charge >= 0.3 is 0 Å². The van der Waals surface area contributed by atoms with Gasteiger partial charge in [0.25, 0.3) is 0 Å². The van der Waals surface area contributed by atoms with Crippen LogP contribution in [0.2, 0.25) is 0 Å². The largest absolute Gasteiger partial charge is 0.507 e. The predicted octanol–water partition coefficient (Wildman–Crippen LogP) is 2.38. The van der Waals surface area contributed by atoms with Gasteiger partial charge in [-0.15, -0.1) is 6.42 Å². The van der Waals surface area contributed by atoms with Crippen molar-refractivity contribution in [3.8, 4) is 18.1 Å². The van der Waals surface area contributed by atoms with Crippen LogP contribution in [0.3, 0.4) is 0 Å². The first-order valence-electron chi connectivity index (χ1n) is 11.8. The highest BCUT2D eigenvalue weighted by Gasteiger charge is 2.76. The smallest absolute Gasteiger partial charge is 0.190 e. The van der Waals surface area contributed by atoms with Crippen LogP contribution in [0.4, 0.5) is 0 Å². The average molecular weight is 479 g/mol. The van der Waals surface area contributed by atoms with E-state index < -0.39 is 63.1 Å². The Labute approximate surface area is 204 Å². The molecule has 0 aromatic heterocycles. The quantitative estimate of drug-likeness (QED) is 0.494. The van der Waals surface area contributed by atoms with E-state index >= 15 is 0 Å². The van der Waals surface area contributed by atoms with Crippen molar-refractivity contribution < 1.29 is 34.2 Å². The van der Waals surface area contributed by atoms with E-state index in [1.54, 1.807) is 40.7 Å². The molecule has 3 aliphatic rings. The number of benzene rings is 1. The Morgan fingerprint density at radius 3 is 2.29 bits per heavy atom. The number of Topliss-reactive ketones (excluding diaryl/α,β-unsaturated/α-hetero) is 5. The van der Waals surface area contributed by atoms with E-state index in [4.69, 9.17) is 6.42 Å². The highest BCUT2D eigenvalue weighted by molar-refractivity contribution is 6.32. The van der Waals surface area contributed by atoms with Gasteiger partial charge in [-0.2, -0.15) is 0 Å². The number of carbonyl (C=O) groups excluding carboxylic acids is 5. The molecular weight excluding hydrogens is 448 g/mol. The lowest BCUT2D eigenvalue weighted by Crippen LogP contribution is -2.76. The van der Waals surface area contributed by atoms with Gasteiger partial charge in [-0.1, -0.05) is 33.6 Å². The molecule has 0 radical (unpaired) electrons. The number of aliphatic hydroxyl groups is 1. The predicted molar refractivity (Wildman–Crippen MR) is 126 cm³/mol. The lowest BCUT2D eigenvalue weighted by molar-refractivity contribution is -0.205. The number of ketones is 5. The molecule has 2 saturated carbocycles. The zero-order chi connectivity index (χ0) is 26.4. The third-order valence-corrected chi connectivity index (χ3v) is 8.78. The van der Waals surface area contributed by atoms with Crippen LogP contribution in [0.1, 0.15) is 68.1 Å². The van der Waals surface area contributed by atoms with E-state index in [2.05, 4.69) is 5.92 Å². The van der Waals surface area contributed by atoms with Crippen LogP contribution < -0.4 is 0 Å². The van der Waals surface area contributed by atoms with Gasteiger partial charge in [-0.25, -0.2) is 0 Å². The van der Waals surface area contributed by atoms with Gasteiger partial charge in [0.1, 0.15) is 17.5 Å². The summed E-state index contributed by atoms with van der Waals surface area (Å²) in [4.78, 5) is 67.2. The number of hydrogen-bond acceptors (Lipinski definition) is 7. The first-order valence-corrected chi connectivity index (χ1v) is 11.8. The standard InChI is InChI=1S/C28H30O7/c1-8-15-9-16-10-26(6)11-27(7)19(12(2)3)22(31)17(14(5)29)24(33)28(27,35)25(34)20(26)23(32)18(16)21(30)13(15)4/h1,9,12,17,19-20,30,35H,10-11H2,2-7H3/t17?,19?,20?,26-,27-,28+/m1/s1. The van der Waals surface area contributed by atoms with Crippen molar-refractivity contribution in [3.63, 3.8) is 0 Å². The maximum Gasteiger partial charge on any atom is 0.190 e. The fraction of sp³-hybridized carbons (Fsp3) is 0.536. The minimum Gasteiger partial charge on any atom is -0.507 e. The molecule has 0 spiro atoms. The molecule has 0 bridgehead atoms. The van der Waals surface area contributed by atoms with Crippen LogP contribution in [0.15, 0.2) is 6.07 Å². The summed E-state index contributed by atoms with van der Waals surface area (Å²) in [6.07, 6.45) is 5.78. The van der Waals surface area contributed by atoms with Crippen molar-refractivity contribution in [1.29, 1.82) is 0 Å². The number of rotatable bonds is 2. The summed E-state index contributed by atoms with van der Waals surface area (Å²) in [5.41, 5.74) is -4.06. The van der Waals surface area contributed by atoms with Gasteiger partial charge in [0.15, 0.2) is 28.7 Å². The molecule has 3 unspecified atom stereocenters. The fourth-order valence-corrected chi connectivity index (χ4v) is 7.46. The lowest BCUT2D eigenvalue weighted by Gasteiger charge is -2.61. The zero-order valence-corrected chi connectivity index (χ0v) is 20.8. The SMILES string of the molecule is C#Cc1cc2c(c(O)c1C)C(=O)C1C(=O)[C@@]3(O)C(=O)C(C(C)=O)C(=O)C(C(C)C)[C@@]3(C)C[C@@]1(C)C2. The van der Waals surface area contributed by atoms with Crippen LogP contribution in [-0.4, -0.2) is 44.7 Å². The molecule has 35 heavy (non-hydrogen) atoms. The molecule has 4 rings (SSSR count). The van der Waals surface area contributed by atoms with E-state index in [1.165, 1.54) is 0 Å². The van der Waals surface area contributed by atoms with Crippen molar-refractivity contribution in [2.75, 3.05) is 0 Å². The third kappa shape index (κ3) is 2.86. The molecule has 2 N–H and O–H groups in total. The van der Waals surface area contributed by atoms with E-state index in [1.807, 2.05) is 0 Å². The van der Waals surface area contributed by atoms with Crippen LogP contribution in [0.5, 0.6) is 5.75 Å². The number of carbonyl (C=O) groups is 5. The number of aromatic hydroxyl groups is 1. The Morgan fingerprint density at radius 1 is 1.17 bits per heavy atom. The summed E-state index contributed by atoms with van der Waals surface area (Å²) in [5, 5.41) is 22.7. The van der Waals surface area contributed by atoms with Crippen molar-refractivity contribution in [1.82, 2.24) is 0 Å². The Hall–Kier alpha value is -3.11. The molecule has 3 aliphatic carbocycles. The molecule has 1 aromatic rings. The van der Waals surface area contributed by atoms with E-state index in [0.717, 1.165) is 6.92 Å². The molecular formula is C28H30O7. The summed E-state index contributed by atoms with van der Waals surface area (Å²) in [7, 11) is 0. The second-order valence-electron chi connectivity index (χ2n) is 11.4. The van der Waals surface area contributed by atoms with Gasteiger partial charge in [-0.05, 0) is 49.7 Å². The molecule has 0 heterocycles. The lowest BCUT2D eigenvalue weighted by atomic mass is 9.40. The van der Waals surface area contributed by atoms with Gasteiger partial charge in [-0.3, -0.25) is 24.0 Å². The monoisotopic (exact) mass is 478 g/mol. The molecule has 0 aliphatic heterocycles. The van der Waals surface area contributed by atoms with E-state index in [0.29, 0.717) is 16.7 Å². The molecule has 0 saturated heterocycles. The van der Waals surface area contributed by atoms with Gasteiger partial charge in [0.2, 0.25) is 0 Å². The summed E-state index contributed by atoms with van der Waals surface area (Å²) in [6, 6.07) is 1.65. The van der Waals surface area contributed by atoms with Crippen molar-refractivity contribution >= 4 is 28.9 Å². The minimum absolute atomic E-state index is 0.0169. The highest BCUT2D eigenvalue weighted by atomic mass is 16.3. The summed E-state index contributed by atoms with van der Waals surface area (Å²) in [6.45, 7) is 9.44. The second kappa shape index (κ2) is 7.44. The summed E-state index contributed by atoms with van der Waals surface area (Å²) >= 11 is 0. The maximum atomic E-state index is 14.1. The van der Waals surface area contributed by atoms with Crippen LogP contribution in [0, 0.1) is 53.8 Å². The minimum atomic E-state index is -2.69. The first-order chi connectivity index (χ1) is 16.1.